The number of methoxy groups -OCH3 is 1. The lowest BCUT2D eigenvalue weighted by atomic mass is 9.83. The van der Waals surface area contributed by atoms with Crippen molar-refractivity contribution in [1.29, 1.82) is 0 Å². The van der Waals surface area contributed by atoms with Crippen molar-refractivity contribution in [3.63, 3.8) is 0 Å². The maximum absolute atomic E-state index is 6.17. The van der Waals surface area contributed by atoms with Crippen LogP contribution in [0.1, 0.15) is 32.4 Å². The standard InChI is InChI=1S/C12H19NO.ClH/c1-12(2,3)11(13)9-7-5-6-8-10(9)14-4;/h5-8,11H,13H2,1-4H3;1H/t11-;/m0./s1. The molecule has 0 unspecified atom stereocenters. The SMILES string of the molecule is COc1ccccc1[C@H](N)C(C)(C)C.Cl. The highest BCUT2D eigenvalue weighted by Crippen LogP contribution is 2.34. The van der Waals surface area contributed by atoms with E-state index in [4.69, 9.17) is 10.5 Å². The molecule has 86 valence electrons. The monoisotopic (exact) mass is 229 g/mol. The molecule has 0 heterocycles. The van der Waals surface area contributed by atoms with Crippen LogP contribution in [0.2, 0.25) is 0 Å². The van der Waals surface area contributed by atoms with Gasteiger partial charge < -0.3 is 10.5 Å². The van der Waals surface area contributed by atoms with Crippen LogP contribution in [-0.2, 0) is 0 Å². The van der Waals surface area contributed by atoms with E-state index in [1.165, 1.54) is 0 Å². The molecule has 2 nitrogen and oxygen atoms in total. The summed E-state index contributed by atoms with van der Waals surface area (Å²) < 4.78 is 5.28. The molecule has 15 heavy (non-hydrogen) atoms. The molecule has 0 bridgehead atoms. The molecular weight excluding hydrogens is 210 g/mol. The first-order valence-corrected chi connectivity index (χ1v) is 4.85. The third-order valence-electron chi connectivity index (χ3n) is 2.41. The zero-order valence-corrected chi connectivity index (χ0v) is 10.6. The van der Waals surface area contributed by atoms with E-state index in [0.29, 0.717) is 0 Å². The molecule has 0 radical (unpaired) electrons. The maximum Gasteiger partial charge on any atom is 0.123 e. The molecule has 0 saturated carbocycles. The normalized spacial score (nSPS) is 12.9. The van der Waals surface area contributed by atoms with Gasteiger partial charge in [-0.15, -0.1) is 12.4 Å². The number of rotatable bonds is 2. The van der Waals surface area contributed by atoms with Crippen molar-refractivity contribution in [3.8, 4) is 5.75 Å². The van der Waals surface area contributed by atoms with E-state index in [9.17, 15) is 0 Å². The fraction of sp³-hybridized carbons (Fsp3) is 0.500. The van der Waals surface area contributed by atoms with E-state index in [1.54, 1.807) is 7.11 Å². The Kier molecular flexibility index (Phi) is 5.12. The van der Waals surface area contributed by atoms with Crippen molar-refractivity contribution in [2.75, 3.05) is 7.11 Å². The minimum absolute atomic E-state index is 0. The van der Waals surface area contributed by atoms with Gasteiger partial charge in [0.15, 0.2) is 0 Å². The Morgan fingerprint density at radius 2 is 1.73 bits per heavy atom. The molecule has 1 aromatic carbocycles. The second kappa shape index (κ2) is 5.38. The Morgan fingerprint density at radius 1 is 1.20 bits per heavy atom. The molecule has 0 spiro atoms. The second-order valence-electron chi connectivity index (χ2n) is 4.59. The fourth-order valence-electron chi connectivity index (χ4n) is 1.39. The van der Waals surface area contributed by atoms with Crippen molar-refractivity contribution in [1.82, 2.24) is 0 Å². The van der Waals surface area contributed by atoms with Crippen molar-refractivity contribution in [3.05, 3.63) is 29.8 Å². The van der Waals surface area contributed by atoms with Crippen molar-refractivity contribution in [2.24, 2.45) is 11.1 Å². The zero-order valence-electron chi connectivity index (χ0n) is 9.78. The number of hydrogen-bond acceptors (Lipinski definition) is 2. The van der Waals surface area contributed by atoms with Crippen LogP contribution in [-0.4, -0.2) is 7.11 Å². The number of ether oxygens (including phenoxy) is 1. The number of halogens is 1. The number of hydrogen-bond donors (Lipinski definition) is 1. The Labute approximate surface area is 98.2 Å². The Morgan fingerprint density at radius 3 is 2.20 bits per heavy atom. The lowest BCUT2D eigenvalue weighted by molar-refractivity contribution is 0.314. The molecule has 0 saturated heterocycles. The van der Waals surface area contributed by atoms with Crippen molar-refractivity contribution in [2.45, 2.75) is 26.8 Å². The van der Waals surface area contributed by atoms with Gasteiger partial charge in [0.1, 0.15) is 5.75 Å². The third kappa shape index (κ3) is 3.40. The number of nitrogens with two attached hydrogens (primary N) is 1. The van der Waals surface area contributed by atoms with E-state index >= 15 is 0 Å². The van der Waals surface area contributed by atoms with E-state index < -0.39 is 0 Å². The summed E-state index contributed by atoms with van der Waals surface area (Å²) in [5.74, 6) is 0.870. The molecular formula is C12H20ClNO. The average Bonchev–Trinajstić information content (AvgIpc) is 2.15. The number of benzene rings is 1. The molecule has 3 heteroatoms. The van der Waals surface area contributed by atoms with Crippen LogP contribution in [0.25, 0.3) is 0 Å². The highest BCUT2D eigenvalue weighted by Gasteiger charge is 2.24. The van der Waals surface area contributed by atoms with Crippen molar-refractivity contribution >= 4 is 12.4 Å². The van der Waals surface area contributed by atoms with Gasteiger partial charge in [0, 0.05) is 11.6 Å². The summed E-state index contributed by atoms with van der Waals surface area (Å²) in [5, 5.41) is 0. The minimum atomic E-state index is -0.00125. The highest BCUT2D eigenvalue weighted by molar-refractivity contribution is 5.85. The molecule has 0 fully saturated rings. The largest absolute Gasteiger partial charge is 0.496 e. The van der Waals surface area contributed by atoms with Gasteiger partial charge in [-0.25, -0.2) is 0 Å². The summed E-state index contributed by atoms with van der Waals surface area (Å²) in [5.41, 5.74) is 7.29. The lowest BCUT2D eigenvalue weighted by Crippen LogP contribution is -2.26. The summed E-state index contributed by atoms with van der Waals surface area (Å²) in [4.78, 5) is 0. The quantitative estimate of drug-likeness (QED) is 0.846. The summed E-state index contributed by atoms with van der Waals surface area (Å²) in [7, 11) is 1.67. The highest BCUT2D eigenvalue weighted by atomic mass is 35.5. The third-order valence-corrected chi connectivity index (χ3v) is 2.41. The summed E-state index contributed by atoms with van der Waals surface area (Å²) >= 11 is 0. The van der Waals surface area contributed by atoms with Gasteiger partial charge in [0.2, 0.25) is 0 Å². The molecule has 1 atom stereocenters. The summed E-state index contributed by atoms with van der Waals surface area (Å²) in [6.45, 7) is 6.39. The first-order valence-electron chi connectivity index (χ1n) is 4.85. The Bertz CT molecular complexity index is 307. The summed E-state index contributed by atoms with van der Waals surface area (Å²) in [6.07, 6.45) is 0. The molecule has 0 aliphatic rings. The Hall–Kier alpha value is -0.730. The van der Waals surface area contributed by atoms with Gasteiger partial charge >= 0.3 is 0 Å². The van der Waals surface area contributed by atoms with Gasteiger partial charge in [0.05, 0.1) is 7.11 Å². The minimum Gasteiger partial charge on any atom is -0.496 e. The van der Waals surface area contributed by atoms with Crippen LogP contribution in [0, 0.1) is 5.41 Å². The van der Waals surface area contributed by atoms with Gasteiger partial charge in [0.25, 0.3) is 0 Å². The fourth-order valence-corrected chi connectivity index (χ4v) is 1.39. The second-order valence-corrected chi connectivity index (χ2v) is 4.59. The molecule has 1 rings (SSSR count). The van der Waals surface area contributed by atoms with E-state index in [2.05, 4.69) is 20.8 Å². The predicted molar refractivity (Wildman–Crippen MR) is 66.6 cm³/mol. The zero-order chi connectivity index (χ0) is 10.8. The number of para-hydroxylation sites is 1. The van der Waals surface area contributed by atoms with Gasteiger partial charge in [-0.1, -0.05) is 39.0 Å². The molecule has 0 aromatic heterocycles. The van der Waals surface area contributed by atoms with Crippen LogP contribution in [0.4, 0.5) is 0 Å². The smallest absolute Gasteiger partial charge is 0.123 e. The van der Waals surface area contributed by atoms with Crippen LogP contribution < -0.4 is 10.5 Å². The first kappa shape index (κ1) is 14.3. The Balaban J connectivity index is 0.00000196. The predicted octanol–water partition coefficient (Wildman–Crippen LogP) is 3.16. The van der Waals surface area contributed by atoms with Gasteiger partial charge in [-0.05, 0) is 11.5 Å². The van der Waals surface area contributed by atoms with Crippen LogP contribution in [0.15, 0.2) is 24.3 Å². The van der Waals surface area contributed by atoms with E-state index in [1.807, 2.05) is 24.3 Å². The molecule has 2 N–H and O–H groups in total. The van der Waals surface area contributed by atoms with Crippen LogP contribution in [0.5, 0.6) is 5.75 Å². The van der Waals surface area contributed by atoms with E-state index in [0.717, 1.165) is 11.3 Å². The maximum atomic E-state index is 6.17. The molecule has 1 aromatic rings. The topological polar surface area (TPSA) is 35.2 Å². The van der Waals surface area contributed by atoms with Crippen LogP contribution in [0.3, 0.4) is 0 Å². The summed E-state index contributed by atoms with van der Waals surface area (Å²) in [6, 6.07) is 7.91. The van der Waals surface area contributed by atoms with Crippen LogP contribution >= 0.6 is 12.4 Å². The van der Waals surface area contributed by atoms with Gasteiger partial charge in [-0.2, -0.15) is 0 Å². The molecule has 0 aliphatic carbocycles. The van der Waals surface area contributed by atoms with E-state index in [-0.39, 0.29) is 23.9 Å². The lowest BCUT2D eigenvalue weighted by Gasteiger charge is -2.28. The van der Waals surface area contributed by atoms with Gasteiger partial charge in [-0.3, -0.25) is 0 Å². The average molecular weight is 230 g/mol. The van der Waals surface area contributed by atoms with Crippen molar-refractivity contribution < 1.29 is 4.74 Å². The first-order chi connectivity index (χ1) is 6.46. The molecule has 0 aliphatic heterocycles. The molecule has 0 amide bonds.